The van der Waals surface area contributed by atoms with Crippen LogP contribution in [0, 0.1) is 17.1 Å². The Hall–Kier alpha value is -2.88. The van der Waals surface area contributed by atoms with Crippen molar-refractivity contribution in [1.82, 2.24) is 9.55 Å². The van der Waals surface area contributed by atoms with Crippen LogP contribution < -0.4 is 9.84 Å². The SMILES string of the molecule is N#Cc1c(F)ccc2c1OCc1c(C(=O)[O-])ncn1-2. The van der Waals surface area contributed by atoms with Crippen LogP contribution in [0.5, 0.6) is 5.75 Å². The number of halogens is 1. The van der Waals surface area contributed by atoms with Crippen molar-refractivity contribution in [1.29, 1.82) is 5.26 Å². The molecule has 1 aliphatic heterocycles. The summed E-state index contributed by atoms with van der Waals surface area (Å²) in [6.07, 6.45) is 1.28. The number of benzene rings is 1. The van der Waals surface area contributed by atoms with Gasteiger partial charge in [-0.3, -0.25) is 4.57 Å². The predicted octanol–water partition coefficient (Wildman–Crippen LogP) is 0.139. The van der Waals surface area contributed by atoms with Gasteiger partial charge in [0.1, 0.15) is 36.1 Å². The third kappa shape index (κ3) is 1.47. The molecular formula is C12H5FN3O3-. The molecule has 1 aliphatic rings. The molecule has 0 amide bonds. The lowest BCUT2D eigenvalue weighted by Gasteiger charge is -2.21. The average molecular weight is 258 g/mol. The Morgan fingerprint density at radius 1 is 1.58 bits per heavy atom. The number of carbonyl (C=O) groups excluding carboxylic acids is 1. The Morgan fingerprint density at radius 2 is 2.37 bits per heavy atom. The molecule has 1 aromatic carbocycles. The maximum absolute atomic E-state index is 13.5. The van der Waals surface area contributed by atoms with Crippen LogP contribution in [0.25, 0.3) is 5.69 Å². The number of ether oxygens (including phenoxy) is 1. The van der Waals surface area contributed by atoms with E-state index in [0.29, 0.717) is 11.4 Å². The van der Waals surface area contributed by atoms with Crippen LogP contribution in [0.15, 0.2) is 18.5 Å². The molecule has 0 spiro atoms. The van der Waals surface area contributed by atoms with E-state index in [4.69, 9.17) is 10.00 Å². The fraction of sp³-hybridized carbons (Fsp3) is 0.0833. The number of nitriles is 1. The van der Waals surface area contributed by atoms with E-state index in [1.165, 1.54) is 17.0 Å². The lowest BCUT2D eigenvalue weighted by molar-refractivity contribution is -0.255. The van der Waals surface area contributed by atoms with E-state index in [2.05, 4.69) is 4.98 Å². The van der Waals surface area contributed by atoms with Crippen molar-refractivity contribution in [3.05, 3.63) is 41.2 Å². The van der Waals surface area contributed by atoms with Gasteiger partial charge in [0.05, 0.1) is 17.4 Å². The van der Waals surface area contributed by atoms with Crippen LogP contribution in [0.4, 0.5) is 4.39 Å². The first-order valence-corrected chi connectivity index (χ1v) is 5.27. The molecule has 0 fully saturated rings. The molecule has 1 aromatic heterocycles. The predicted molar refractivity (Wildman–Crippen MR) is 56.9 cm³/mol. The number of nitrogens with zero attached hydrogens (tertiary/aromatic N) is 3. The number of fused-ring (bicyclic) bond motifs is 3. The maximum Gasteiger partial charge on any atom is 0.164 e. The van der Waals surface area contributed by atoms with Gasteiger partial charge in [0.2, 0.25) is 0 Å². The number of carboxylic acid groups (broad SMARTS) is 1. The second kappa shape index (κ2) is 3.81. The minimum atomic E-state index is -1.41. The first-order valence-electron chi connectivity index (χ1n) is 5.27. The largest absolute Gasteiger partial charge is 0.543 e. The fourth-order valence-electron chi connectivity index (χ4n) is 2.02. The summed E-state index contributed by atoms with van der Waals surface area (Å²) >= 11 is 0. The summed E-state index contributed by atoms with van der Waals surface area (Å²) in [5.41, 5.74) is 0.225. The van der Waals surface area contributed by atoms with Gasteiger partial charge in [0, 0.05) is 0 Å². The second-order valence-electron chi connectivity index (χ2n) is 3.87. The Morgan fingerprint density at radius 3 is 3.05 bits per heavy atom. The molecule has 6 nitrogen and oxygen atoms in total. The number of carboxylic acids is 1. The molecule has 0 radical (unpaired) electrons. The van der Waals surface area contributed by atoms with Crippen molar-refractivity contribution < 1.29 is 19.0 Å². The normalized spacial score (nSPS) is 12.0. The maximum atomic E-state index is 13.5. The molecule has 0 bridgehead atoms. The van der Waals surface area contributed by atoms with Crippen LogP contribution in [0.3, 0.4) is 0 Å². The smallest absolute Gasteiger partial charge is 0.164 e. The van der Waals surface area contributed by atoms with Gasteiger partial charge >= 0.3 is 0 Å². The Kier molecular flexibility index (Phi) is 2.25. The van der Waals surface area contributed by atoms with E-state index in [9.17, 15) is 14.3 Å². The molecular weight excluding hydrogens is 253 g/mol. The van der Waals surface area contributed by atoms with Gasteiger partial charge in [-0.05, 0) is 12.1 Å². The molecule has 2 aromatic rings. The summed E-state index contributed by atoms with van der Waals surface area (Å²) < 4.78 is 20.2. The Labute approximate surface area is 106 Å². The van der Waals surface area contributed by atoms with Crippen molar-refractivity contribution >= 4 is 5.97 Å². The fourth-order valence-corrected chi connectivity index (χ4v) is 2.02. The highest BCUT2D eigenvalue weighted by Crippen LogP contribution is 2.34. The van der Waals surface area contributed by atoms with Crippen LogP contribution in [-0.4, -0.2) is 15.5 Å². The van der Waals surface area contributed by atoms with Crippen molar-refractivity contribution in [3.63, 3.8) is 0 Å². The zero-order chi connectivity index (χ0) is 13.6. The van der Waals surface area contributed by atoms with Crippen LogP contribution >= 0.6 is 0 Å². The second-order valence-corrected chi connectivity index (χ2v) is 3.87. The van der Waals surface area contributed by atoms with Gasteiger partial charge in [-0.1, -0.05) is 0 Å². The van der Waals surface area contributed by atoms with E-state index < -0.39 is 11.8 Å². The first-order chi connectivity index (χ1) is 9.13. The van der Waals surface area contributed by atoms with Gasteiger partial charge in [-0.25, -0.2) is 9.37 Å². The van der Waals surface area contributed by atoms with Gasteiger partial charge < -0.3 is 14.6 Å². The molecule has 0 atom stereocenters. The zero-order valence-corrected chi connectivity index (χ0v) is 9.38. The van der Waals surface area contributed by atoms with E-state index in [0.717, 1.165) is 6.07 Å². The topological polar surface area (TPSA) is 91.0 Å². The van der Waals surface area contributed by atoms with Crippen molar-refractivity contribution in [2.24, 2.45) is 0 Å². The van der Waals surface area contributed by atoms with Gasteiger partial charge in [-0.15, -0.1) is 0 Å². The average Bonchev–Trinajstić information content (AvgIpc) is 2.82. The molecule has 19 heavy (non-hydrogen) atoms. The molecule has 0 saturated carbocycles. The quantitative estimate of drug-likeness (QED) is 0.725. The molecule has 0 aliphatic carbocycles. The summed E-state index contributed by atoms with van der Waals surface area (Å²) in [6, 6.07) is 4.24. The standard InChI is InChI=1S/C12H6FN3O3/c13-7-1-2-8-11(6(7)3-14)19-4-9-10(12(17)18)15-5-16(8)9/h1-2,5H,4H2,(H,17,18)/p-1. The summed E-state index contributed by atoms with van der Waals surface area (Å²) in [6.45, 7) is -0.117. The third-order valence-electron chi connectivity index (χ3n) is 2.87. The highest BCUT2D eigenvalue weighted by molar-refractivity contribution is 5.85. The Balaban J connectivity index is 2.27. The number of imidazole rings is 1. The summed E-state index contributed by atoms with van der Waals surface area (Å²) in [5, 5.41) is 19.8. The van der Waals surface area contributed by atoms with E-state index >= 15 is 0 Å². The van der Waals surface area contributed by atoms with Crippen molar-refractivity contribution in [2.45, 2.75) is 6.61 Å². The van der Waals surface area contributed by atoms with Crippen LogP contribution in [0.2, 0.25) is 0 Å². The summed E-state index contributed by atoms with van der Waals surface area (Å²) in [5.74, 6) is -2.02. The molecule has 0 saturated heterocycles. The third-order valence-corrected chi connectivity index (χ3v) is 2.87. The van der Waals surface area contributed by atoms with Crippen molar-refractivity contribution in [2.75, 3.05) is 0 Å². The van der Waals surface area contributed by atoms with Crippen LogP contribution in [-0.2, 0) is 6.61 Å². The molecule has 3 rings (SSSR count). The van der Waals surface area contributed by atoms with Gasteiger partial charge in [-0.2, -0.15) is 5.26 Å². The summed E-state index contributed by atoms with van der Waals surface area (Å²) in [4.78, 5) is 14.6. The number of rotatable bonds is 1. The van der Waals surface area contributed by atoms with Crippen molar-refractivity contribution in [3.8, 4) is 17.5 Å². The summed E-state index contributed by atoms with van der Waals surface area (Å²) in [7, 11) is 0. The molecule has 2 heterocycles. The number of hydrogen-bond acceptors (Lipinski definition) is 5. The molecule has 0 unspecified atom stereocenters. The van der Waals surface area contributed by atoms with Gasteiger partial charge in [0.25, 0.3) is 0 Å². The lowest BCUT2D eigenvalue weighted by atomic mass is 10.1. The Bertz CT molecular complexity index is 745. The monoisotopic (exact) mass is 258 g/mol. The minimum Gasteiger partial charge on any atom is -0.543 e. The van der Waals surface area contributed by atoms with Gasteiger partial charge in [0.15, 0.2) is 5.75 Å². The highest BCUT2D eigenvalue weighted by atomic mass is 19.1. The first kappa shape index (κ1) is 11.2. The minimum absolute atomic E-state index is 0.0808. The number of hydrogen-bond donors (Lipinski definition) is 0. The number of aromatic nitrogens is 2. The van der Waals surface area contributed by atoms with E-state index in [1.54, 1.807) is 6.07 Å². The molecule has 7 heteroatoms. The highest BCUT2D eigenvalue weighted by Gasteiger charge is 2.25. The lowest BCUT2D eigenvalue weighted by Crippen LogP contribution is -2.26. The van der Waals surface area contributed by atoms with E-state index in [1.807, 2.05) is 0 Å². The van der Waals surface area contributed by atoms with E-state index in [-0.39, 0.29) is 23.6 Å². The van der Waals surface area contributed by atoms with Crippen LogP contribution in [0.1, 0.15) is 21.7 Å². The number of carbonyl (C=O) groups is 1. The molecule has 0 N–H and O–H groups in total. The number of aromatic carboxylic acids is 1. The zero-order valence-electron chi connectivity index (χ0n) is 9.38. The molecule has 94 valence electrons.